The van der Waals surface area contributed by atoms with Crippen LogP contribution in [0.3, 0.4) is 0 Å². The summed E-state index contributed by atoms with van der Waals surface area (Å²) in [6.07, 6.45) is 1.32. The Morgan fingerprint density at radius 3 is 2.50 bits per heavy atom. The predicted molar refractivity (Wildman–Crippen MR) is 87.0 cm³/mol. The third-order valence-corrected chi connectivity index (χ3v) is 4.35. The maximum absolute atomic E-state index is 3.64. The van der Waals surface area contributed by atoms with Crippen molar-refractivity contribution in [1.82, 2.24) is 10.2 Å². The molecule has 0 aromatic heterocycles. The first-order chi connectivity index (χ1) is 9.35. The Kier molecular flexibility index (Phi) is 4.87. The molecule has 112 valence electrons. The highest BCUT2D eigenvalue weighted by Crippen LogP contribution is 2.27. The summed E-state index contributed by atoms with van der Waals surface area (Å²) >= 11 is 0. The van der Waals surface area contributed by atoms with Crippen molar-refractivity contribution in [3.63, 3.8) is 0 Å². The molecule has 0 spiro atoms. The van der Waals surface area contributed by atoms with Gasteiger partial charge in [-0.25, -0.2) is 0 Å². The second-order valence-electron chi connectivity index (χ2n) is 7.37. The molecule has 2 heteroatoms. The molecule has 1 aliphatic heterocycles. The Hall–Kier alpha value is -0.860. The van der Waals surface area contributed by atoms with E-state index in [2.05, 4.69) is 69.1 Å². The maximum atomic E-state index is 3.64. The van der Waals surface area contributed by atoms with Crippen LogP contribution in [-0.2, 0) is 0 Å². The number of nitrogens with one attached hydrogen (secondary N) is 1. The van der Waals surface area contributed by atoms with Gasteiger partial charge in [-0.2, -0.15) is 0 Å². The lowest BCUT2D eigenvalue weighted by molar-refractivity contribution is 0.248. The van der Waals surface area contributed by atoms with Gasteiger partial charge in [0.2, 0.25) is 0 Å². The quantitative estimate of drug-likeness (QED) is 0.899. The summed E-state index contributed by atoms with van der Waals surface area (Å²) in [5.41, 5.74) is 3.02. The zero-order valence-electron chi connectivity index (χ0n) is 13.7. The molecule has 1 heterocycles. The summed E-state index contributed by atoms with van der Waals surface area (Å²) in [4.78, 5) is 2.62. The average Bonchev–Trinajstić information content (AvgIpc) is 2.84. The number of hydrogen-bond acceptors (Lipinski definition) is 2. The van der Waals surface area contributed by atoms with Crippen molar-refractivity contribution < 1.29 is 0 Å². The smallest absolute Gasteiger partial charge is 0.0320 e. The average molecular weight is 274 g/mol. The third kappa shape index (κ3) is 4.32. The van der Waals surface area contributed by atoms with Gasteiger partial charge in [0, 0.05) is 18.1 Å². The van der Waals surface area contributed by atoms with Crippen LogP contribution in [0.5, 0.6) is 0 Å². The topological polar surface area (TPSA) is 15.3 Å². The molecular formula is C18H30N2. The number of hydrogen-bond donors (Lipinski definition) is 1. The van der Waals surface area contributed by atoms with Gasteiger partial charge < -0.3 is 5.32 Å². The van der Waals surface area contributed by atoms with E-state index in [0.29, 0.717) is 6.04 Å². The van der Waals surface area contributed by atoms with Gasteiger partial charge in [-0.1, -0.05) is 29.8 Å². The lowest BCUT2D eigenvalue weighted by Gasteiger charge is -2.26. The van der Waals surface area contributed by atoms with Crippen LogP contribution in [0.25, 0.3) is 0 Å². The summed E-state index contributed by atoms with van der Waals surface area (Å²) in [5, 5.41) is 3.64. The minimum absolute atomic E-state index is 0.232. The van der Waals surface area contributed by atoms with Crippen LogP contribution in [0.15, 0.2) is 24.3 Å². The van der Waals surface area contributed by atoms with E-state index in [-0.39, 0.29) is 5.54 Å². The number of rotatable bonds is 4. The molecule has 1 fully saturated rings. The normalized spacial score (nSPS) is 22.1. The molecule has 0 radical (unpaired) electrons. The monoisotopic (exact) mass is 274 g/mol. The molecule has 1 N–H and O–H groups in total. The molecule has 1 saturated heterocycles. The maximum Gasteiger partial charge on any atom is 0.0320 e. The van der Waals surface area contributed by atoms with E-state index >= 15 is 0 Å². The first-order valence-electron chi connectivity index (χ1n) is 7.91. The molecule has 1 aromatic rings. The van der Waals surface area contributed by atoms with Crippen LogP contribution in [0, 0.1) is 12.8 Å². The largest absolute Gasteiger partial charge is 0.312 e. The van der Waals surface area contributed by atoms with Crippen molar-refractivity contribution in [2.45, 2.75) is 52.6 Å². The van der Waals surface area contributed by atoms with Crippen LogP contribution in [-0.4, -0.2) is 30.1 Å². The molecule has 2 nitrogen and oxygen atoms in total. The molecule has 0 aliphatic carbocycles. The van der Waals surface area contributed by atoms with E-state index in [9.17, 15) is 0 Å². The highest BCUT2D eigenvalue weighted by atomic mass is 15.2. The molecule has 0 saturated carbocycles. The standard InChI is InChI=1S/C18H30N2/c1-14-6-8-17(9-7-14)15(2)20-11-10-16(13-20)12-19-18(3,4)5/h6-9,15-16,19H,10-13H2,1-5H3. The van der Waals surface area contributed by atoms with E-state index in [0.717, 1.165) is 12.5 Å². The summed E-state index contributed by atoms with van der Waals surface area (Å²) < 4.78 is 0. The molecule has 1 aliphatic rings. The molecule has 2 rings (SSSR count). The second-order valence-corrected chi connectivity index (χ2v) is 7.37. The number of likely N-dealkylation sites (tertiary alicyclic amines) is 1. The van der Waals surface area contributed by atoms with Crippen LogP contribution in [0.4, 0.5) is 0 Å². The van der Waals surface area contributed by atoms with Gasteiger partial charge in [0.05, 0.1) is 0 Å². The Morgan fingerprint density at radius 1 is 1.25 bits per heavy atom. The predicted octanol–water partition coefficient (Wildman–Crippen LogP) is 3.77. The number of benzene rings is 1. The van der Waals surface area contributed by atoms with Gasteiger partial charge in [-0.3, -0.25) is 4.90 Å². The summed E-state index contributed by atoms with van der Waals surface area (Å²) in [6, 6.07) is 9.54. The van der Waals surface area contributed by atoms with Gasteiger partial charge in [0.15, 0.2) is 0 Å². The van der Waals surface area contributed by atoms with Crippen LogP contribution in [0.2, 0.25) is 0 Å². The van der Waals surface area contributed by atoms with Gasteiger partial charge in [0.1, 0.15) is 0 Å². The van der Waals surface area contributed by atoms with Crippen molar-refractivity contribution in [1.29, 1.82) is 0 Å². The Bertz CT molecular complexity index is 416. The molecule has 0 amide bonds. The van der Waals surface area contributed by atoms with Crippen LogP contribution >= 0.6 is 0 Å². The lowest BCUT2D eigenvalue weighted by atomic mass is 10.0. The van der Waals surface area contributed by atoms with Crippen molar-refractivity contribution in [2.75, 3.05) is 19.6 Å². The van der Waals surface area contributed by atoms with Crippen molar-refractivity contribution in [3.8, 4) is 0 Å². The van der Waals surface area contributed by atoms with Crippen molar-refractivity contribution in [2.24, 2.45) is 5.92 Å². The molecule has 0 bridgehead atoms. The summed E-state index contributed by atoms with van der Waals surface area (Å²) in [7, 11) is 0. The van der Waals surface area contributed by atoms with Gasteiger partial charge >= 0.3 is 0 Å². The molecular weight excluding hydrogens is 244 g/mol. The zero-order chi connectivity index (χ0) is 14.8. The fourth-order valence-electron chi connectivity index (χ4n) is 2.89. The van der Waals surface area contributed by atoms with Crippen molar-refractivity contribution in [3.05, 3.63) is 35.4 Å². The molecule has 2 unspecified atom stereocenters. The Morgan fingerprint density at radius 2 is 1.90 bits per heavy atom. The highest BCUT2D eigenvalue weighted by Gasteiger charge is 2.27. The van der Waals surface area contributed by atoms with Crippen LogP contribution in [0.1, 0.15) is 51.3 Å². The molecule has 20 heavy (non-hydrogen) atoms. The summed E-state index contributed by atoms with van der Waals surface area (Å²) in [6.45, 7) is 14.8. The van der Waals surface area contributed by atoms with E-state index in [1.54, 1.807) is 0 Å². The van der Waals surface area contributed by atoms with E-state index in [1.165, 1.54) is 30.6 Å². The fraction of sp³-hybridized carbons (Fsp3) is 0.667. The first kappa shape index (κ1) is 15.5. The van der Waals surface area contributed by atoms with Crippen molar-refractivity contribution >= 4 is 0 Å². The Balaban J connectivity index is 1.87. The summed E-state index contributed by atoms with van der Waals surface area (Å²) in [5.74, 6) is 0.794. The Labute approximate surface area is 124 Å². The highest BCUT2D eigenvalue weighted by molar-refractivity contribution is 5.23. The molecule has 1 aromatic carbocycles. The lowest BCUT2D eigenvalue weighted by Crippen LogP contribution is -2.39. The second kappa shape index (κ2) is 6.28. The van der Waals surface area contributed by atoms with E-state index < -0.39 is 0 Å². The van der Waals surface area contributed by atoms with E-state index in [4.69, 9.17) is 0 Å². The minimum atomic E-state index is 0.232. The van der Waals surface area contributed by atoms with Crippen LogP contribution < -0.4 is 5.32 Å². The number of nitrogens with zero attached hydrogens (tertiary/aromatic N) is 1. The van der Waals surface area contributed by atoms with E-state index in [1.807, 2.05) is 0 Å². The molecule has 2 atom stereocenters. The van der Waals surface area contributed by atoms with Gasteiger partial charge in [-0.05, 0) is 65.6 Å². The number of aryl methyl sites for hydroxylation is 1. The fourth-order valence-corrected chi connectivity index (χ4v) is 2.89. The van der Waals surface area contributed by atoms with Gasteiger partial charge in [0.25, 0.3) is 0 Å². The zero-order valence-corrected chi connectivity index (χ0v) is 13.7. The first-order valence-corrected chi connectivity index (χ1v) is 7.91. The third-order valence-electron chi connectivity index (χ3n) is 4.35. The minimum Gasteiger partial charge on any atom is -0.312 e. The SMILES string of the molecule is Cc1ccc(C(C)N2CCC(CNC(C)(C)C)C2)cc1. The van der Waals surface area contributed by atoms with Gasteiger partial charge in [-0.15, -0.1) is 0 Å².